The van der Waals surface area contributed by atoms with E-state index in [0.717, 1.165) is 24.3 Å². The molecule has 2 N–H and O–H groups in total. The van der Waals surface area contributed by atoms with Gasteiger partial charge >= 0.3 is 6.18 Å². The van der Waals surface area contributed by atoms with Crippen LogP contribution in [0.25, 0.3) is 0 Å². The lowest BCUT2D eigenvalue weighted by Gasteiger charge is -2.18. The predicted octanol–water partition coefficient (Wildman–Crippen LogP) is 4.18. The van der Waals surface area contributed by atoms with Crippen molar-refractivity contribution in [2.45, 2.75) is 19.5 Å². The molecule has 0 bridgehead atoms. The molecule has 0 radical (unpaired) electrons. The van der Waals surface area contributed by atoms with E-state index >= 15 is 0 Å². The minimum absolute atomic E-state index is 0.0756. The highest BCUT2D eigenvalue weighted by Gasteiger charge is 2.30. The molecule has 0 aromatic heterocycles. The molecule has 0 unspecified atom stereocenters. The highest BCUT2D eigenvalue weighted by atomic mass is 19.4. The number of benzene rings is 2. The fourth-order valence-electron chi connectivity index (χ4n) is 2.82. The molecule has 0 aliphatic carbocycles. The maximum absolute atomic E-state index is 12.7. The highest BCUT2D eigenvalue weighted by Crippen LogP contribution is 2.29. The van der Waals surface area contributed by atoms with Gasteiger partial charge in [-0.25, -0.2) is 0 Å². The zero-order valence-electron chi connectivity index (χ0n) is 17.7. The first-order valence-corrected chi connectivity index (χ1v) is 9.79. The zero-order valence-corrected chi connectivity index (χ0v) is 17.7. The monoisotopic (exact) mass is 437 g/mol. The number of alkyl halides is 3. The number of anilines is 2. The molecule has 0 aliphatic rings. The molecule has 0 saturated carbocycles. The summed E-state index contributed by atoms with van der Waals surface area (Å²) in [7, 11) is 3.59. The van der Waals surface area contributed by atoms with Gasteiger partial charge in [-0.15, -0.1) is 0 Å². The number of ether oxygens (including phenoxy) is 1. The Labute approximate surface area is 179 Å². The second-order valence-electron chi connectivity index (χ2n) is 6.96. The Morgan fingerprint density at radius 2 is 1.71 bits per heavy atom. The van der Waals surface area contributed by atoms with Gasteiger partial charge < -0.3 is 20.3 Å². The fraction of sp³-hybridized carbons (Fsp3) is 0.364. The molecule has 2 amide bonds. The van der Waals surface area contributed by atoms with Gasteiger partial charge in [0.1, 0.15) is 0 Å². The summed E-state index contributed by atoms with van der Waals surface area (Å²) in [6.45, 7) is 3.49. The second-order valence-corrected chi connectivity index (χ2v) is 6.96. The Bertz CT molecular complexity index is 897. The van der Waals surface area contributed by atoms with E-state index in [9.17, 15) is 22.8 Å². The summed E-state index contributed by atoms with van der Waals surface area (Å²) in [4.78, 5) is 26.8. The Hall–Kier alpha value is -3.07. The van der Waals surface area contributed by atoms with Crippen molar-refractivity contribution in [1.29, 1.82) is 0 Å². The van der Waals surface area contributed by atoms with Gasteiger partial charge in [0.15, 0.2) is 0 Å². The van der Waals surface area contributed by atoms with Gasteiger partial charge in [0.25, 0.3) is 11.8 Å². The molecule has 0 atom stereocenters. The van der Waals surface area contributed by atoms with E-state index in [0.29, 0.717) is 43.1 Å². The van der Waals surface area contributed by atoms with Crippen LogP contribution in [0.15, 0.2) is 42.5 Å². The lowest BCUT2D eigenvalue weighted by atomic mass is 10.1. The number of hydrogen-bond acceptors (Lipinski definition) is 4. The number of carbonyl (C=O) groups is 2. The number of nitrogens with one attached hydrogen (secondary N) is 2. The minimum atomic E-state index is -4.47. The van der Waals surface area contributed by atoms with Crippen molar-refractivity contribution < 1.29 is 27.5 Å². The lowest BCUT2D eigenvalue weighted by Crippen LogP contribution is -2.27. The average molecular weight is 437 g/mol. The Kier molecular flexibility index (Phi) is 8.44. The average Bonchev–Trinajstić information content (AvgIpc) is 2.72. The summed E-state index contributed by atoms with van der Waals surface area (Å²) < 4.78 is 43.3. The number of rotatable bonds is 9. The number of hydrogen-bond donors (Lipinski definition) is 2. The minimum Gasteiger partial charge on any atom is -0.382 e. The van der Waals surface area contributed by atoms with Crippen LogP contribution in [0, 0.1) is 0 Å². The van der Waals surface area contributed by atoms with Gasteiger partial charge in [0.2, 0.25) is 0 Å². The van der Waals surface area contributed by atoms with Crippen LogP contribution in [-0.2, 0) is 10.9 Å². The smallest absolute Gasteiger partial charge is 0.382 e. The molecule has 31 heavy (non-hydrogen) atoms. The van der Waals surface area contributed by atoms with Gasteiger partial charge in [-0.05, 0) is 55.8 Å². The highest BCUT2D eigenvalue weighted by molar-refractivity contribution is 6.06. The van der Waals surface area contributed by atoms with Crippen molar-refractivity contribution in [3.63, 3.8) is 0 Å². The van der Waals surface area contributed by atoms with Crippen molar-refractivity contribution in [2.75, 3.05) is 44.1 Å². The molecule has 0 saturated heterocycles. The predicted molar refractivity (Wildman–Crippen MR) is 114 cm³/mol. The van der Waals surface area contributed by atoms with Gasteiger partial charge in [0.05, 0.1) is 11.1 Å². The summed E-state index contributed by atoms with van der Waals surface area (Å²) in [6.07, 6.45) is -3.80. The van der Waals surface area contributed by atoms with Crippen molar-refractivity contribution in [3.05, 3.63) is 59.2 Å². The lowest BCUT2D eigenvalue weighted by molar-refractivity contribution is -0.137. The Balaban J connectivity index is 2.13. The van der Waals surface area contributed by atoms with Crippen LogP contribution in [0.4, 0.5) is 24.5 Å². The van der Waals surface area contributed by atoms with Crippen LogP contribution < -0.4 is 15.5 Å². The number of halogens is 3. The standard InChI is InChI=1S/C22H26F3N3O3/c1-4-31-13-5-12-26-21(30)18-14-17(10-11-19(18)28(2)3)27-20(29)15-6-8-16(9-7-15)22(23,24)25/h6-11,14H,4-5,12-13H2,1-3H3,(H,26,30)(H,27,29). The third-order valence-corrected chi connectivity index (χ3v) is 4.41. The molecule has 2 rings (SSSR count). The molecule has 0 spiro atoms. The molecular weight excluding hydrogens is 411 g/mol. The molecule has 2 aromatic rings. The summed E-state index contributed by atoms with van der Waals surface area (Å²) in [5, 5.41) is 5.44. The molecule has 9 heteroatoms. The second kappa shape index (κ2) is 10.8. The quantitative estimate of drug-likeness (QED) is 0.578. The maximum Gasteiger partial charge on any atom is 0.416 e. The van der Waals surface area contributed by atoms with Crippen molar-refractivity contribution in [3.8, 4) is 0 Å². The Morgan fingerprint density at radius 1 is 1.03 bits per heavy atom. The zero-order chi connectivity index (χ0) is 23.0. The van der Waals surface area contributed by atoms with Gasteiger partial charge in [0, 0.05) is 50.8 Å². The first kappa shape index (κ1) is 24.2. The first-order chi connectivity index (χ1) is 14.6. The number of nitrogens with zero attached hydrogens (tertiary/aromatic N) is 1. The van der Waals surface area contributed by atoms with Gasteiger partial charge in [-0.1, -0.05) is 0 Å². The summed E-state index contributed by atoms with van der Waals surface area (Å²) in [5.41, 5.74) is 0.630. The molecule has 168 valence electrons. The van der Waals surface area contributed by atoms with E-state index in [1.54, 1.807) is 31.1 Å². The summed E-state index contributed by atoms with van der Waals surface area (Å²) >= 11 is 0. The molecular formula is C22H26F3N3O3. The molecule has 0 aliphatic heterocycles. The fourth-order valence-corrected chi connectivity index (χ4v) is 2.82. The van der Waals surface area contributed by atoms with Crippen molar-refractivity contribution >= 4 is 23.2 Å². The molecule has 0 heterocycles. The maximum atomic E-state index is 12.7. The van der Waals surface area contributed by atoms with Crippen LogP contribution in [0.2, 0.25) is 0 Å². The van der Waals surface area contributed by atoms with Gasteiger partial charge in [-0.3, -0.25) is 9.59 Å². The van der Waals surface area contributed by atoms with Crippen LogP contribution >= 0.6 is 0 Å². The van der Waals surface area contributed by atoms with Crippen LogP contribution in [0.3, 0.4) is 0 Å². The third-order valence-electron chi connectivity index (χ3n) is 4.41. The van der Waals surface area contributed by atoms with Gasteiger partial charge in [-0.2, -0.15) is 13.2 Å². The largest absolute Gasteiger partial charge is 0.416 e. The van der Waals surface area contributed by atoms with Crippen molar-refractivity contribution in [2.24, 2.45) is 0 Å². The van der Waals surface area contributed by atoms with E-state index in [-0.39, 0.29) is 11.5 Å². The SMILES string of the molecule is CCOCCCNC(=O)c1cc(NC(=O)c2ccc(C(F)(F)F)cc2)ccc1N(C)C. The molecule has 6 nitrogen and oxygen atoms in total. The summed E-state index contributed by atoms with van der Waals surface area (Å²) in [5.74, 6) is -0.875. The Morgan fingerprint density at radius 3 is 2.29 bits per heavy atom. The normalized spacial score (nSPS) is 11.2. The van der Waals surface area contributed by atoms with Crippen molar-refractivity contribution in [1.82, 2.24) is 5.32 Å². The van der Waals surface area contributed by atoms with Crippen LogP contribution in [0.1, 0.15) is 39.6 Å². The topological polar surface area (TPSA) is 70.7 Å². The molecule has 0 fully saturated rings. The molecule has 2 aromatic carbocycles. The first-order valence-electron chi connectivity index (χ1n) is 9.79. The van der Waals surface area contributed by atoms with Crippen LogP contribution in [0.5, 0.6) is 0 Å². The number of amides is 2. The van der Waals surface area contributed by atoms with E-state index in [1.165, 1.54) is 6.07 Å². The van der Waals surface area contributed by atoms with E-state index in [4.69, 9.17) is 4.74 Å². The van der Waals surface area contributed by atoms with E-state index in [1.807, 2.05) is 6.92 Å². The van der Waals surface area contributed by atoms with Crippen LogP contribution in [-0.4, -0.2) is 45.7 Å². The number of carbonyl (C=O) groups excluding carboxylic acids is 2. The van der Waals surface area contributed by atoms with E-state index in [2.05, 4.69) is 10.6 Å². The van der Waals surface area contributed by atoms with E-state index < -0.39 is 17.6 Å². The summed E-state index contributed by atoms with van der Waals surface area (Å²) in [6, 6.07) is 8.78. The third kappa shape index (κ3) is 6.99.